The molecule has 9 nitrogen and oxygen atoms in total. The van der Waals surface area contributed by atoms with Gasteiger partial charge < -0.3 is 15.0 Å². The zero-order chi connectivity index (χ0) is 24.6. The van der Waals surface area contributed by atoms with E-state index in [2.05, 4.69) is 10.1 Å². The molecule has 0 saturated heterocycles. The Balaban J connectivity index is 1.44. The maximum absolute atomic E-state index is 13.1. The van der Waals surface area contributed by atoms with Crippen LogP contribution in [0.15, 0.2) is 47.4 Å². The van der Waals surface area contributed by atoms with E-state index in [0.717, 1.165) is 28.4 Å². The van der Waals surface area contributed by atoms with Crippen LogP contribution in [-0.2, 0) is 30.8 Å². The third kappa shape index (κ3) is 4.69. The molecule has 2 aromatic carbocycles. The fourth-order valence-corrected chi connectivity index (χ4v) is 5.28. The molecule has 1 heterocycles. The molecule has 4 rings (SSSR count). The first kappa shape index (κ1) is 23.9. The first-order valence-corrected chi connectivity index (χ1v) is 12.5. The predicted molar refractivity (Wildman–Crippen MR) is 126 cm³/mol. The summed E-state index contributed by atoms with van der Waals surface area (Å²) in [5, 5.41) is 2.62. The molecule has 180 valence electrons. The second kappa shape index (κ2) is 9.19. The molecule has 2 aromatic rings. The molecular weight excluding hydrogens is 458 g/mol. The predicted octanol–water partition coefficient (Wildman–Crippen LogP) is 2.42. The molecule has 0 radical (unpaired) electrons. The molecule has 10 heteroatoms. The summed E-state index contributed by atoms with van der Waals surface area (Å²) < 4.78 is 31.8. The molecule has 2 amide bonds. The van der Waals surface area contributed by atoms with Gasteiger partial charge in [0.25, 0.3) is 0 Å². The van der Waals surface area contributed by atoms with Crippen molar-refractivity contribution in [1.82, 2.24) is 4.31 Å². The third-order valence-electron chi connectivity index (χ3n) is 6.09. The molecule has 34 heavy (non-hydrogen) atoms. The molecule has 0 bridgehead atoms. The Morgan fingerprint density at radius 3 is 2.41 bits per heavy atom. The lowest BCUT2D eigenvalue weighted by Gasteiger charge is -2.23. The van der Waals surface area contributed by atoms with Crippen LogP contribution in [-0.4, -0.2) is 57.3 Å². The number of likely N-dealkylation sites (N-methyl/N-ethyl adjacent to an activating group) is 1. The Morgan fingerprint density at radius 2 is 1.79 bits per heavy atom. The van der Waals surface area contributed by atoms with Crippen molar-refractivity contribution in [2.45, 2.75) is 37.1 Å². The Kier molecular flexibility index (Phi) is 6.46. The number of nitrogens with one attached hydrogen (secondary N) is 1. The zero-order valence-corrected chi connectivity index (χ0v) is 20.1. The normalized spacial score (nSPS) is 17.4. The number of carbonyl (C=O) groups is 3. The summed E-state index contributed by atoms with van der Waals surface area (Å²) in [4.78, 5) is 38.5. The highest BCUT2D eigenvalue weighted by molar-refractivity contribution is 7.89. The van der Waals surface area contributed by atoms with Crippen LogP contribution in [0.1, 0.15) is 35.7 Å². The van der Waals surface area contributed by atoms with Gasteiger partial charge in [0.2, 0.25) is 21.8 Å². The summed E-state index contributed by atoms with van der Waals surface area (Å²) in [6.07, 6.45) is 2.40. The van der Waals surface area contributed by atoms with E-state index in [4.69, 9.17) is 0 Å². The van der Waals surface area contributed by atoms with Crippen molar-refractivity contribution in [2.24, 2.45) is 5.92 Å². The summed E-state index contributed by atoms with van der Waals surface area (Å²) in [6.45, 7) is 1.57. The molecule has 0 spiro atoms. The molecule has 2 aliphatic rings. The summed E-state index contributed by atoms with van der Waals surface area (Å²) in [6, 6.07) is 10.8. The number of hydrogen-bond donors (Lipinski definition) is 1. The van der Waals surface area contributed by atoms with Gasteiger partial charge in [-0.25, -0.2) is 13.2 Å². The van der Waals surface area contributed by atoms with Gasteiger partial charge in [0.1, 0.15) is 0 Å². The molecule has 0 unspecified atom stereocenters. The molecule has 1 fully saturated rings. The number of anilines is 2. The van der Waals surface area contributed by atoms with Crippen LogP contribution in [0.5, 0.6) is 0 Å². The summed E-state index contributed by atoms with van der Waals surface area (Å²) in [7, 11) is -1.30. The van der Waals surface area contributed by atoms with Crippen molar-refractivity contribution in [3.8, 4) is 0 Å². The molecular formula is C24H27N3O6S. The van der Waals surface area contributed by atoms with E-state index >= 15 is 0 Å². The van der Waals surface area contributed by atoms with Gasteiger partial charge in [0.15, 0.2) is 0 Å². The summed E-state index contributed by atoms with van der Waals surface area (Å²) in [5.41, 5.74) is 2.34. The number of rotatable bonds is 7. The van der Waals surface area contributed by atoms with E-state index in [9.17, 15) is 22.8 Å². The fourth-order valence-electron chi connectivity index (χ4n) is 4.11. The van der Waals surface area contributed by atoms with Crippen LogP contribution in [0.2, 0.25) is 0 Å². The van der Waals surface area contributed by atoms with Crippen molar-refractivity contribution in [2.75, 3.05) is 30.9 Å². The van der Waals surface area contributed by atoms with Crippen molar-refractivity contribution in [1.29, 1.82) is 0 Å². The zero-order valence-electron chi connectivity index (χ0n) is 19.3. The van der Waals surface area contributed by atoms with Crippen molar-refractivity contribution >= 4 is 39.2 Å². The minimum absolute atomic E-state index is 0.0184. The van der Waals surface area contributed by atoms with E-state index in [1.165, 1.54) is 44.5 Å². The number of ether oxygens (including phenoxy) is 1. The maximum Gasteiger partial charge on any atom is 0.337 e. The van der Waals surface area contributed by atoms with Crippen LogP contribution in [0.25, 0.3) is 0 Å². The fraction of sp³-hybridized carbons (Fsp3) is 0.375. The van der Waals surface area contributed by atoms with Crippen LogP contribution >= 0.6 is 0 Å². The van der Waals surface area contributed by atoms with Gasteiger partial charge in [-0.15, -0.1) is 0 Å². The number of carbonyl (C=O) groups excluding carboxylic acids is 3. The second-order valence-corrected chi connectivity index (χ2v) is 10.7. The van der Waals surface area contributed by atoms with Crippen molar-refractivity contribution in [3.63, 3.8) is 0 Å². The Hall–Kier alpha value is -3.24. The molecule has 1 atom stereocenters. The average Bonchev–Trinajstić information content (AvgIpc) is 3.60. The van der Waals surface area contributed by atoms with Crippen molar-refractivity contribution in [3.05, 3.63) is 53.6 Å². The summed E-state index contributed by atoms with van der Waals surface area (Å²) in [5.74, 6) is -0.825. The molecule has 1 N–H and O–H groups in total. The quantitative estimate of drug-likeness (QED) is 0.603. The third-order valence-corrected chi connectivity index (χ3v) is 7.89. The summed E-state index contributed by atoms with van der Waals surface area (Å²) >= 11 is 0. The number of nitrogens with zero attached hydrogens (tertiary/aromatic N) is 2. The highest BCUT2D eigenvalue weighted by Crippen LogP contribution is 2.39. The van der Waals surface area contributed by atoms with E-state index in [1.807, 2.05) is 6.92 Å². The molecule has 1 aliphatic heterocycles. The van der Waals surface area contributed by atoms with Crippen LogP contribution in [0.4, 0.5) is 11.4 Å². The van der Waals surface area contributed by atoms with Gasteiger partial charge in [-0.2, -0.15) is 4.31 Å². The number of sulfonamides is 1. The van der Waals surface area contributed by atoms with Gasteiger partial charge >= 0.3 is 5.97 Å². The molecule has 1 saturated carbocycles. The highest BCUT2D eigenvalue weighted by atomic mass is 32.2. The SMILES string of the molecule is COC(=O)c1ccc(NC(=O)CN(C)S(=O)(=O)c2ccc3c(c2)C[C@H](C)N3C(=O)C2CC2)cc1. The number of methoxy groups -OCH3 is 1. The maximum atomic E-state index is 13.1. The standard InChI is InChI=1S/C24H27N3O6S/c1-15-12-18-13-20(10-11-21(18)27(15)23(29)16-4-5-16)34(31,32)26(2)14-22(28)25-19-8-6-17(7-9-19)24(30)33-3/h6-11,13,15-16H,4-5,12,14H2,1-3H3,(H,25,28)/t15-/m0/s1. The van der Waals surface area contributed by atoms with Crippen molar-refractivity contribution < 1.29 is 27.5 Å². The van der Waals surface area contributed by atoms with E-state index in [1.54, 1.807) is 17.0 Å². The van der Waals surface area contributed by atoms with Gasteiger partial charge in [0.05, 0.1) is 24.1 Å². The Morgan fingerprint density at radius 1 is 1.12 bits per heavy atom. The minimum atomic E-state index is -3.92. The second-order valence-electron chi connectivity index (χ2n) is 8.70. The number of amides is 2. The number of benzene rings is 2. The number of fused-ring (bicyclic) bond motifs is 1. The number of hydrogen-bond acceptors (Lipinski definition) is 6. The van der Waals surface area contributed by atoms with Crippen LogP contribution in [0.3, 0.4) is 0 Å². The lowest BCUT2D eigenvalue weighted by Crippen LogP contribution is -2.36. The Bertz CT molecular complexity index is 1240. The van der Waals surface area contributed by atoms with Gasteiger partial charge in [-0.05, 0) is 74.2 Å². The molecule has 1 aliphatic carbocycles. The smallest absolute Gasteiger partial charge is 0.337 e. The first-order chi connectivity index (χ1) is 16.1. The minimum Gasteiger partial charge on any atom is -0.465 e. The largest absolute Gasteiger partial charge is 0.465 e. The highest BCUT2D eigenvalue weighted by Gasteiger charge is 2.40. The van der Waals surface area contributed by atoms with E-state index in [0.29, 0.717) is 17.7 Å². The number of esters is 1. The van der Waals surface area contributed by atoms with Gasteiger partial charge in [-0.3, -0.25) is 9.59 Å². The first-order valence-electron chi connectivity index (χ1n) is 11.0. The monoisotopic (exact) mass is 485 g/mol. The van der Waals surface area contributed by atoms with Gasteiger partial charge in [0, 0.05) is 30.4 Å². The van der Waals surface area contributed by atoms with E-state index in [-0.39, 0.29) is 29.3 Å². The Labute approximate surface area is 198 Å². The van der Waals surface area contributed by atoms with E-state index < -0.39 is 21.9 Å². The average molecular weight is 486 g/mol. The topological polar surface area (TPSA) is 113 Å². The molecule has 0 aromatic heterocycles. The van der Waals surface area contributed by atoms with Gasteiger partial charge in [-0.1, -0.05) is 0 Å². The van der Waals surface area contributed by atoms with Crippen LogP contribution in [0, 0.1) is 5.92 Å². The lowest BCUT2D eigenvalue weighted by molar-refractivity contribution is -0.120. The lowest BCUT2D eigenvalue weighted by atomic mass is 10.1. The van der Waals surface area contributed by atoms with Crippen LogP contribution < -0.4 is 10.2 Å².